The van der Waals surface area contributed by atoms with E-state index in [2.05, 4.69) is 27.4 Å². The molecule has 0 saturated heterocycles. The maximum absolute atomic E-state index is 11.6. The molecule has 0 saturated carbocycles. The summed E-state index contributed by atoms with van der Waals surface area (Å²) in [6.07, 6.45) is 3.28. The second kappa shape index (κ2) is 3.91. The molecule has 0 aromatic heterocycles. The monoisotopic (exact) mass is 178 g/mol. The molecule has 0 amide bonds. The van der Waals surface area contributed by atoms with Crippen molar-refractivity contribution < 1.29 is 4.79 Å². The summed E-state index contributed by atoms with van der Waals surface area (Å²) in [5, 5.41) is 0. The standard InChI is InChI=1S/C12H18O/c1-5-6-10-9(4)11(8(2)3)7-12(10)13/h5,8,11H,1,6-7H2,2-4H3. The van der Waals surface area contributed by atoms with Crippen LogP contribution in [0.1, 0.15) is 33.6 Å². The van der Waals surface area contributed by atoms with Crippen LogP contribution in [0, 0.1) is 11.8 Å². The van der Waals surface area contributed by atoms with Crippen molar-refractivity contribution in [1.29, 1.82) is 0 Å². The summed E-state index contributed by atoms with van der Waals surface area (Å²) in [5.74, 6) is 1.38. The van der Waals surface area contributed by atoms with Crippen molar-refractivity contribution in [2.45, 2.75) is 33.6 Å². The van der Waals surface area contributed by atoms with E-state index in [-0.39, 0.29) is 0 Å². The average Bonchev–Trinajstić information content (AvgIpc) is 2.32. The van der Waals surface area contributed by atoms with E-state index in [1.807, 2.05) is 6.08 Å². The average molecular weight is 178 g/mol. The first-order valence-corrected chi connectivity index (χ1v) is 4.91. The molecule has 72 valence electrons. The van der Waals surface area contributed by atoms with Gasteiger partial charge in [0.05, 0.1) is 0 Å². The first-order valence-electron chi connectivity index (χ1n) is 4.91. The van der Waals surface area contributed by atoms with Crippen LogP contribution in [0.3, 0.4) is 0 Å². The van der Waals surface area contributed by atoms with Gasteiger partial charge >= 0.3 is 0 Å². The highest BCUT2D eigenvalue weighted by Crippen LogP contribution is 2.35. The van der Waals surface area contributed by atoms with Gasteiger partial charge in [-0.15, -0.1) is 6.58 Å². The van der Waals surface area contributed by atoms with Crippen LogP contribution in [-0.4, -0.2) is 5.78 Å². The Labute approximate surface area is 80.5 Å². The van der Waals surface area contributed by atoms with Crippen LogP contribution >= 0.6 is 0 Å². The van der Waals surface area contributed by atoms with Crippen LogP contribution in [-0.2, 0) is 4.79 Å². The third-order valence-electron chi connectivity index (χ3n) is 2.93. The molecule has 0 aliphatic heterocycles. The SMILES string of the molecule is C=CCC1=C(C)C(C(C)C)CC1=O. The molecule has 13 heavy (non-hydrogen) atoms. The first-order chi connectivity index (χ1) is 6.07. The number of carbonyl (C=O) groups is 1. The van der Waals surface area contributed by atoms with Gasteiger partial charge in [0.2, 0.25) is 0 Å². The normalized spacial score (nSPS) is 23.1. The lowest BCUT2D eigenvalue weighted by molar-refractivity contribution is -0.115. The highest BCUT2D eigenvalue weighted by molar-refractivity contribution is 5.99. The van der Waals surface area contributed by atoms with Crippen LogP contribution in [0.5, 0.6) is 0 Å². The zero-order chi connectivity index (χ0) is 10.0. The minimum absolute atomic E-state index is 0.330. The Morgan fingerprint density at radius 2 is 2.23 bits per heavy atom. The van der Waals surface area contributed by atoms with Crippen LogP contribution in [0.4, 0.5) is 0 Å². The van der Waals surface area contributed by atoms with E-state index in [1.165, 1.54) is 5.57 Å². The maximum Gasteiger partial charge on any atom is 0.159 e. The first kappa shape index (κ1) is 10.2. The van der Waals surface area contributed by atoms with Crippen molar-refractivity contribution in [1.82, 2.24) is 0 Å². The Morgan fingerprint density at radius 3 is 2.62 bits per heavy atom. The second-order valence-corrected chi connectivity index (χ2v) is 4.13. The number of hydrogen-bond acceptors (Lipinski definition) is 1. The largest absolute Gasteiger partial charge is 0.295 e. The van der Waals surface area contributed by atoms with Crippen LogP contribution in [0.25, 0.3) is 0 Å². The van der Waals surface area contributed by atoms with Crippen molar-refractivity contribution in [2.75, 3.05) is 0 Å². The van der Waals surface area contributed by atoms with Crippen molar-refractivity contribution in [2.24, 2.45) is 11.8 Å². The minimum Gasteiger partial charge on any atom is -0.295 e. The quantitative estimate of drug-likeness (QED) is 0.607. The topological polar surface area (TPSA) is 17.1 Å². The predicted octanol–water partition coefficient (Wildman–Crippen LogP) is 3.12. The van der Waals surface area contributed by atoms with Crippen molar-refractivity contribution >= 4 is 5.78 Å². The lowest BCUT2D eigenvalue weighted by Crippen LogP contribution is -2.07. The van der Waals surface area contributed by atoms with E-state index in [1.54, 1.807) is 0 Å². The Morgan fingerprint density at radius 1 is 1.62 bits per heavy atom. The van der Waals surface area contributed by atoms with Gasteiger partial charge in [-0.05, 0) is 30.8 Å². The van der Waals surface area contributed by atoms with Gasteiger partial charge in [-0.25, -0.2) is 0 Å². The number of allylic oxidation sites excluding steroid dienone is 3. The maximum atomic E-state index is 11.6. The summed E-state index contributed by atoms with van der Waals surface area (Å²) in [4.78, 5) is 11.6. The smallest absolute Gasteiger partial charge is 0.159 e. The molecular formula is C12H18O. The van der Waals surface area contributed by atoms with Gasteiger partial charge in [0, 0.05) is 6.42 Å². The number of ketones is 1. The molecule has 0 fully saturated rings. The molecule has 0 heterocycles. The van der Waals surface area contributed by atoms with Gasteiger partial charge < -0.3 is 0 Å². The van der Waals surface area contributed by atoms with Crippen LogP contribution < -0.4 is 0 Å². The fourth-order valence-corrected chi connectivity index (χ4v) is 2.07. The molecule has 1 atom stereocenters. The summed E-state index contributed by atoms with van der Waals surface area (Å²) in [7, 11) is 0. The third-order valence-corrected chi connectivity index (χ3v) is 2.93. The third kappa shape index (κ3) is 1.90. The van der Waals surface area contributed by atoms with Gasteiger partial charge in [-0.3, -0.25) is 4.79 Å². The molecule has 1 unspecified atom stereocenters. The summed E-state index contributed by atoms with van der Waals surface area (Å²) in [5.41, 5.74) is 2.30. The lowest BCUT2D eigenvalue weighted by atomic mass is 9.90. The molecule has 0 aromatic carbocycles. The van der Waals surface area contributed by atoms with Crippen LogP contribution in [0.2, 0.25) is 0 Å². The molecule has 0 radical (unpaired) electrons. The summed E-state index contributed by atoms with van der Waals surface area (Å²) >= 11 is 0. The van der Waals surface area contributed by atoms with Gasteiger partial charge in [0.1, 0.15) is 0 Å². The van der Waals surface area contributed by atoms with Gasteiger partial charge in [-0.2, -0.15) is 0 Å². The molecule has 0 aromatic rings. The van der Waals surface area contributed by atoms with E-state index < -0.39 is 0 Å². The Balaban J connectivity index is 2.89. The minimum atomic E-state index is 0.330. The Kier molecular flexibility index (Phi) is 3.07. The highest BCUT2D eigenvalue weighted by Gasteiger charge is 2.30. The van der Waals surface area contributed by atoms with Crippen molar-refractivity contribution in [3.63, 3.8) is 0 Å². The molecule has 1 rings (SSSR count). The molecule has 1 aliphatic rings. The summed E-state index contributed by atoms with van der Waals surface area (Å²) in [6, 6.07) is 0. The molecule has 1 aliphatic carbocycles. The molecule has 1 nitrogen and oxygen atoms in total. The van der Waals surface area contributed by atoms with Gasteiger partial charge in [0.15, 0.2) is 5.78 Å². The lowest BCUT2D eigenvalue weighted by Gasteiger charge is -2.14. The van der Waals surface area contributed by atoms with Crippen molar-refractivity contribution in [3.05, 3.63) is 23.8 Å². The van der Waals surface area contributed by atoms with Gasteiger partial charge in [0.25, 0.3) is 0 Å². The fraction of sp³-hybridized carbons (Fsp3) is 0.583. The zero-order valence-corrected chi connectivity index (χ0v) is 8.76. The number of carbonyl (C=O) groups excluding carboxylic acids is 1. The molecule has 1 heteroatoms. The Hall–Kier alpha value is -0.850. The van der Waals surface area contributed by atoms with E-state index >= 15 is 0 Å². The summed E-state index contributed by atoms with van der Waals surface area (Å²) < 4.78 is 0. The molecule has 0 N–H and O–H groups in total. The van der Waals surface area contributed by atoms with E-state index in [9.17, 15) is 4.79 Å². The van der Waals surface area contributed by atoms with E-state index in [4.69, 9.17) is 0 Å². The number of rotatable bonds is 3. The predicted molar refractivity (Wildman–Crippen MR) is 55.5 cm³/mol. The molecular weight excluding hydrogens is 160 g/mol. The van der Waals surface area contributed by atoms with Crippen LogP contribution in [0.15, 0.2) is 23.8 Å². The number of Topliss-reactive ketones (excluding diaryl/α,β-unsaturated/α-hetero) is 1. The molecule has 0 spiro atoms. The van der Waals surface area contributed by atoms with Gasteiger partial charge in [-0.1, -0.05) is 25.5 Å². The fourth-order valence-electron chi connectivity index (χ4n) is 2.07. The van der Waals surface area contributed by atoms with E-state index in [0.717, 1.165) is 12.0 Å². The highest BCUT2D eigenvalue weighted by atomic mass is 16.1. The zero-order valence-electron chi connectivity index (χ0n) is 8.76. The summed E-state index contributed by atoms with van der Waals surface area (Å²) in [6.45, 7) is 10.1. The number of hydrogen-bond donors (Lipinski definition) is 0. The second-order valence-electron chi connectivity index (χ2n) is 4.13. The Bertz CT molecular complexity index is 258. The van der Waals surface area contributed by atoms with Crippen molar-refractivity contribution in [3.8, 4) is 0 Å². The van der Waals surface area contributed by atoms with E-state index in [0.29, 0.717) is 24.0 Å². The molecule has 0 bridgehead atoms.